The molecule has 0 radical (unpaired) electrons. The highest BCUT2D eigenvalue weighted by molar-refractivity contribution is 7.89. The summed E-state index contributed by atoms with van der Waals surface area (Å²) in [6.45, 7) is 4.35. The number of aryl methyl sites for hydroxylation is 1. The fraction of sp³-hybridized carbons (Fsp3) is 0.429. The molecule has 1 unspecified atom stereocenters. The number of hydrogen-bond donors (Lipinski definition) is 0. The molecule has 0 N–H and O–H groups in total. The molecule has 2 aliphatic heterocycles. The second-order valence-corrected chi connectivity index (χ2v) is 9.59. The molecule has 30 heavy (non-hydrogen) atoms. The van der Waals surface area contributed by atoms with E-state index in [0.29, 0.717) is 38.5 Å². The topological polar surface area (TPSA) is 93.0 Å². The van der Waals surface area contributed by atoms with Crippen LogP contribution in [0, 0.1) is 17.0 Å². The van der Waals surface area contributed by atoms with Crippen LogP contribution in [0.4, 0.5) is 11.4 Å². The first kappa shape index (κ1) is 20.8. The molecule has 0 aromatic heterocycles. The van der Waals surface area contributed by atoms with E-state index in [1.54, 1.807) is 6.07 Å². The van der Waals surface area contributed by atoms with Crippen molar-refractivity contribution in [2.75, 3.05) is 37.7 Å². The Morgan fingerprint density at radius 2 is 1.83 bits per heavy atom. The molecule has 160 valence electrons. The molecular weight excluding hydrogens is 406 g/mol. The first-order chi connectivity index (χ1) is 14.4. The van der Waals surface area contributed by atoms with E-state index in [4.69, 9.17) is 4.74 Å². The minimum Gasteiger partial charge on any atom is -0.370 e. The Labute approximate surface area is 176 Å². The zero-order valence-electron chi connectivity index (χ0n) is 16.9. The predicted molar refractivity (Wildman–Crippen MR) is 113 cm³/mol. The number of nitro groups is 1. The van der Waals surface area contributed by atoms with Gasteiger partial charge in [0.25, 0.3) is 5.69 Å². The van der Waals surface area contributed by atoms with Crippen molar-refractivity contribution < 1.29 is 18.1 Å². The Balaban J connectivity index is 1.72. The molecule has 2 heterocycles. The number of sulfonamides is 1. The minimum absolute atomic E-state index is 0.00373. The van der Waals surface area contributed by atoms with Gasteiger partial charge in [0.2, 0.25) is 10.0 Å². The average molecular weight is 432 g/mol. The van der Waals surface area contributed by atoms with Gasteiger partial charge in [0.15, 0.2) is 0 Å². The summed E-state index contributed by atoms with van der Waals surface area (Å²) in [5.74, 6) is 0. The van der Waals surface area contributed by atoms with Crippen LogP contribution in [0.1, 0.15) is 30.1 Å². The van der Waals surface area contributed by atoms with Crippen LogP contribution in [0.15, 0.2) is 47.4 Å². The molecule has 1 atom stereocenters. The second-order valence-electron chi connectivity index (χ2n) is 7.68. The highest BCUT2D eigenvalue weighted by atomic mass is 32.2. The van der Waals surface area contributed by atoms with Crippen LogP contribution in [0.5, 0.6) is 0 Å². The summed E-state index contributed by atoms with van der Waals surface area (Å²) in [7, 11) is -3.82. The summed E-state index contributed by atoms with van der Waals surface area (Å²) in [4.78, 5) is 12.7. The van der Waals surface area contributed by atoms with Crippen molar-refractivity contribution in [2.24, 2.45) is 0 Å². The molecule has 8 nitrogen and oxygen atoms in total. The number of anilines is 1. The molecule has 2 fully saturated rings. The summed E-state index contributed by atoms with van der Waals surface area (Å²) in [5, 5.41) is 11.3. The van der Waals surface area contributed by atoms with E-state index in [9.17, 15) is 18.5 Å². The first-order valence-corrected chi connectivity index (χ1v) is 11.5. The van der Waals surface area contributed by atoms with Gasteiger partial charge in [0.1, 0.15) is 11.0 Å². The van der Waals surface area contributed by atoms with Crippen molar-refractivity contribution in [3.8, 4) is 0 Å². The minimum atomic E-state index is -3.82. The molecule has 0 aliphatic carbocycles. The number of nitrogens with zero attached hydrogens (tertiary/aromatic N) is 3. The second kappa shape index (κ2) is 8.33. The Kier molecular flexibility index (Phi) is 5.77. The predicted octanol–water partition coefficient (Wildman–Crippen LogP) is 3.27. The lowest BCUT2D eigenvalue weighted by molar-refractivity contribution is -0.385. The summed E-state index contributed by atoms with van der Waals surface area (Å²) in [6, 6.07) is 12.1. The third-order valence-electron chi connectivity index (χ3n) is 5.78. The third kappa shape index (κ3) is 3.92. The number of ether oxygens (including phenoxy) is 1. The summed E-state index contributed by atoms with van der Waals surface area (Å²) in [6.07, 6.45) is 1.41. The maximum atomic E-state index is 13.3. The van der Waals surface area contributed by atoms with Gasteiger partial charge in [-0.3, -0.25) is 10.1 Å². The fourth-order valence-electron chi connectivity index (χ4n) is 4.16. The van der Waals surface area contributed by atoms with Crippen LogP contribution in [0.25, 0.3) is 0 Å². The lowest BCUT2D eigenvalue weighted by Crippen LogP contribution is -2.40. The van der Waals surface area contributed by atoms with Crippen LogP contribution in [0.2, 0.25) is 0 Å². The summed E-state index contributed by atoms with van der Waals surface area (Å²) in [5.41, 5.74) is 2.45. The van der Waals surface area contributed by atoms with Gasteiger partial charge in [-0.05, 0) is 37.0 Å². The molecule has 0 saturated carbocycles. The monoisotopic (exact) mass is 431 g/mol. The quantitative estimate of drug-likeness (QED) is 0.533. The Bertz CT molecular complexity index is 1050. The van der Waals surface area contributed by atoms with E-state index in [1.807, 2.05) is 36.1 Å². The van der Waals surface area contributed by atoms with Gasteiger partial charge in [-0.2, -0.15) is 4.31 Å². The van der Waals surface area contributed by atoms with Crippen molar-refractivity contribution in [3.05, 3.63) is 63.7 Å². The molecule has 0 spiro atoms. The largest absolute Gasteiger partial charge is 0.370 e. The maximum Gasteiger partial charge on any atom is 0.270 e. The van der Waals surface area contributed by atoms with Crippen molar-refractivity contribution >= 4 is 21.4 Å². The van der Waals surface area contributed by atoms with Gasteiger partial charge in [-0.25, -0.2) is 8.42 Å². The van der Waals surface area contributed by atoms with E-state index in [2.05, 4.69) is 0 Å². The SMILES string of the molecule is Cc1ccccc1C1CN(c2ccc([N+](=O)[O-])cc2S(=O)(=O)N2CCCC2)CCO1. The van der Waals surface area contributed by atoms with E-state index >= 15 is 0 Å². The van der Waals surface area contributed by atoms with Gasteiger partial charge >= 0.3 is 0 Å². The van der Waals surface area contributed by atoms with Crippen LogP contribution in [-0.4, -0.2) is 50.4 Å². The number of hydrogen-bond acceptors (Lipinski definition) is 6. The molecule has 0 amide bonds. The maximum absolute atomic E-state index is 13.3. The van der Waals surface area contributed by atoms with Gasteiger partial charge < -0.3 is 9.64 Å². The Morgan fingerprint density at radius 3 is 2.53 bits per heavy atom. The van der Waals surface area contributed by atoms with Gasteiger partial charge in [0, 0.05) is 38.3 Å². The summed E-state index contributed by atoms with van der Waals surface area (Å²) >= 11 is 0. The zero-order chi connectivity index (χ0) is 21.3. The van der Waals surface area contributed by atoms with Crippen LogP contribution in [0.3, 0.4) is 0 Å². The molecule has 2 saturated heterocycles. The lowest BCUT2D eigenvalue weighted by Gasteiger charge is -2.36. The number of non-ortho nitro benzene ring substituents is 1. The van der Waals surface area contributed by atoms with Gasteiger partial charge in [-0.1, -0.05) is 24.3 Å². The molecule has 2 aromatic rings. The summed E-state index contributed by atoms with van der Waals surface area (Å²) < 4.78 is 34.0. The fourth-order valence-corrected chi connectivity index (χ4v) is 5.90. The number of benzene rings is 2. The highest BCUT2D eigenvalue weighted by Gasteiger charge is 2.34. The van der Waals surface area contributed by atoms with Crippen molar-refractivity contribution in [1.29, 1.82) is 0 Å². The van der Waals surface area contributed by atoms with E-state index in [0.717, 1.165) is 24.0 Å². The van der Waals surface area contributed by atoms with Crippen molar-refractivity contribution in [3.63, 3.8) is 0 Å². The number of rotatable bonds is 5. The van der Waals surface area contributed by atoms with Gasteiger partial charge in [-0.15, -0.1) is 0 Å². The number of nitro benzene ring substituents is 1. The van der Waals surface area contributed by atoms with E-state index in [-0.39, 0.29) is 16.7 Å². The molecule has 2 aliphatic rings. The molecular formula is C21H25N3O5S. The van der Waals surface area contributed by atoms with Crippen molar-refractivity contribution in [1.82, 2.24) is 4.31 Å². The molecule has 4 rings (SSSR count). The van der Waals surface area contributed by atoms with Crippen LogP contribution in [-0.2, 0) is 14.8 Å². The van der Waals surface area contributed by atoms with E-state index < -0.39 is 14.9 Å². The Morgan fingerprint density at radius 1 is 1.10 bits per heavy atom. The average Bonchev–Trinajstić information content (AvgIpc) is 3.29. The van der Waals surface area contributed by atoms with Crippen LogP contribution >= 0.6 is 0 Å². The smallest absolute Gasteiger partial charge is 0.270 e. The zero-order valence-corrected chi connectivity index (χ0v) is 17.7. The molecule has 2 aromatic carbocycles. The van der Waals surface area contributed by atoms with Crippen molar-refractivity contribution in [2.45, 2.75) is 30.8 Å². The molecule has 0 bridgehead atoms. The van der Waals surface area contributed by atoms with Gasteiger partial charge in [0.05, 0.1) is 17.2 Å². The number of morpholine rings is 1. The third-order valence-corrected chi connectivity index (χ3v) is 7.71. The normalized spacial score (nSPS) is 20.4. The standard InChI is InChI=1S/C21H25N3O5S/c1-16-6-2-3-7-18(16)20-15-22(12-13-29-20)19-9-8-17(24(25)26)14-21(19)30(27,28)23-10-4-5-11-23/h2-3,6-9,14,20H,4-5,10-13,15H2,1H3. The lowest BCUT2D eigenvalue weighted by atomic mass is 10.0. The Hall–Kier alpha value is -2.49. The van der Waals surface area contributed by atoms with E-state index in [1.165, 1.54) is 16.4 Å². The highest BCUT2D eigenvalue weighted by Crippen LogP contribution is 2.36. The molecule has 9 heteroatoms. The first-order valence-electron chi connectivity index (χ1n) is 10.1. The van der Waals surface area contributed by atoms with Crippen LogP contribution < -0.4 is 4.90 Å².